The van der Waals surface area contributed by atoms with Gasteiger partial charge in [-0.3, -0.25) is 4.79 Å². The van der Waals surface area contributed by atoms with E-state index in [1.54, 1.807) is 24.3 Å². The van der Waals surface area contributed by atoms with E-state index in [1.165, 1.54) is 6.92 Å². The Hall–Kier alpha value is -2.08. The molecule has 2 rings (SSSR count). The van der Waals surface area contributed by atoms with Crippen LogP contribution in [-0.4, -0.2) is 10.9 Å². The lowest BCUT2D eigenvalue weighted by molar-refractivity contribution is -0.141. The summed E-state index contributed by atoms with van der Waals surface area (Å²) in [5, 5.41) is 2.87. The van der Waals surface area contributed by atoms with Crippen molar-refractivity contribution in [2.45, 2.75) is 13.1 Å². The number of carbonyl (C=O) groups is 1. The van der Waals surface area contributed by atoms with Gasteiger partial charge in [-0.15, -0.1) is 0 Å². The second-order valence-corrected chi connectivity index (χ2v) is 4.67. The molecule has 0 saturated carbocycles. The van der Waals surface area contributed by atoms with Gasteiger partial charge in [-0.25, -0.2) is 4.98 Å². The molecule has 21 heavy (non-hydrogen) atoms. The van der Waals surface area contributed by atoms with Gasteiger partial charge in [-0.1, -0.05) is 23.7 Å². The number of carbonyl (C=O) groups excluding carboxylic acids is 1. The Kier molecular flexibility index (Phi) is 4.18. The lowest BCUT2D eigenvalue weighted by Gasteiger charge is -2.11. The molecule has 0 bridgehead atoms. The standard InChI is InChI=1S/C14H10ClF3N2O/c1-8-9(6-7-12(19-8)14(16,17)18)13(21)20-11-5-3-2-4-10(11)15/h2-7H,1H3,(H,20,21). The number of benzene rings is 1. The van der Waals surface area contributed by atoms with E-state index in [0.717, 1.165) is 12.1 Å². The monoisotopic (exact) mass is 314 g/mol. The maximum Gasteiger partial charge on any atom is 0.433 e. The Labute approximate surface area is 123 Å². The largest absolute Gasteiger partial charge is 0.433 e. The van der Waals surface area contributed by atoms with Crippen LogP contribution in [0.5, 0.6) is 0 Å². The van der Waals surface area contributed by atoms with Gasteiger partial charge in [-0.2, -0.15) is 13.2 Å². The highest BCUT2D eigenvalue weighted by molar-refractivity contribution is 6.33. The highest BCUT2D eigenvalue weighted by Gasteiger charge is 2.33. The van der Waals surface area contributed by atoms with Crippen LogP contribution in [-0.2, 0) is 6.18 Å². The van der Waals surface area contributed by atoms with Gasteiger partial charge < -0.3 is 5.32 Å². The van der Waals surface area contributed by atoms with Crippen LogP contribution in [0.15, 0.2) is 36.4 Å². The summed E-state index contributed by atoms with van der Waals surface area (Å²) in [5.41, 5.74) is -0.602. The van der Waals surface area contributed by atoms with Crippen LogP contribution in [0.3, 0.4) is 0 Å². The predicted molar refractivity (Wildman–Crippen MR) is 73.4 cm³/mol. The van der Waals surface area contributed by atoms with Crippen molar-refractivity contribution in [3.8, 4) is 0 Å². The summed E-state index contributed by atoms with van der Waals surface area (Å²) in [5.74, 6) is -0.568. The normalized spacial score (nSPS) is 11.3. The molecule has 0 aliphatic carbocycles. The molecule has 1 heterocycles. The minimum atomic E-state index is -4.54. The molecule has 1 aromatic carbocycles. The molecule has 0 saturated heterocycles. The Morgan fingerprint density at radius 1 is 1.19 bits per heavy atom. The zero-order valence-corrected chi connectivity index (χ0v) is 11.6. The third kappa shape index (κ3) is 3.52. The van der Waals surface area contributed by atoms with Crippen LogP contribution in [0, 0.1) is 6.92 Å². The first-order valence-corrected chi connectivity index (χ1v) is 6.27. The third-order valence-electron chi connectivity index (χ3n) is 2.74. The smallest absolute Gasteiger partial charge is 0.321 e. The third-order valence-corrected chi connectivity index (χ3v) is 3.07. The Morgan fingerprint density at radius 2 is 1.86 bits per heavy atom. The van der Waals surface area contributed by atoms with E-state index >= 15 is 0 Å². The Balaban J connectivity index is 2.26. The number of aryl methyl sites for hydroxylation is 1. The molecular formula is C14H10ClF3N2O. The minimum absolute atomic E-state index is 0.00521. The quantitative estimate of drug-likeness (QED) is 0.897. The molecule has 7 heteroatoms. The summed E-state index contributed by atoms with van der Waals surface area (Å²) in [6, 6.07) is 8.43. The molecule has 0 aliphatic rings. The molecule has 0 unspecified atom stereocenters. The molecule has 1 amide bonds. The fourth-order valence-corrected chi connectivity index (χ4v) is 1.89. The molecule has 0 fully saturated rings. The van der Waals surface area contributed by atoms with Gasteiger partial charge in [0.1, 0.15) is 5.69 Å². The zero-order chi connectivity index (χ0) is 15.6. The number of hydrogen-bond donors (Lipinski definition) is 1. The lowest BCUT2D eigenvalue weighted by atomic mass is 10.1. The summed E-state index contributed by atoms with van der Waals surface area (Å²) in [7, 11) is 0. The van der Waals surface area contributed by atoms with Gasteiger partial charge in [0.2, 0.25) is 0 Å². The molecule has 3 nitrogen and oxygen atoms in total. The number of rotatable bonds is 2. The number of nitrogens with zero attached hydrogens (tertiary/aromatic N) is 1. The van der Waals surface area contributed by atoms with Gasteiger partial charge in [0.05, 0.1) is 22.0 Å². The van der Waals surface area contributed by atoms with E-state index in [4.69, 9.17) is 11.6 Å². The van der Waals surface area contributed by atoms with E-state index < -0.39 is 17.8 Å². The van der Waals surface area contributed by atoms with Crippen LogP contribution in [0.4, 0.5) is 18.9 Å². The molecule has 0 aliphatic heterocycles. The first-order chi connectivity index (χ1) is 9.79. The fraction of sp³-hybridized carbons (Fsp3) is 0.143. The van der Waals surface area contributed by atoms with Crippen molar-refractivity contribution in [1.82, 2.24) is 4.98 Å². The van der Waals surface area contributed by atoms with Crippen molar-refractivity contribution in [3.63, 3.8) is 0 Å². The summed E-state index contributed by atoms with van der Waals surface area (Å²) < 4.78 is 37.6. The average molecular weight is 315 g/mol. The van der Waals surface area contributed by atoms with Crippen molar-refractivity contribution in [3.05, 3.63) is 58.4 Å². The molecule has 0 atom stereocenters. The van der Waals surface area contributed by atoms with Gasteiger partial charge in [0, 0.05) is 0 Å². The second-order valence-electron chi connectivity index (χ2n) is 4.26. The molecule has 2 aromatic rings. The van der Waals surface area contributed by atoms with E-state index in [2.05, 4.69) is 10.3 Å². The van der Waals surface area contributed by atoms with Crippen LogP contribution in [0.2, 0.25) is 5.02 Å². The molecule has 110 valence electrons. The van der Waals surface area contributed by atoms with Crippen molar-refractivity contribution in [1.29, 1.82) is 0 Å². The van der Waals surface area contributed by atoms with Crippen LogP contribution >= 0.6 is 11.6 Å². The average Bonchev–Trinajstić information content (AvgIpc) is 2.40. The van der Waals surface area contributed by atoms with Gasteiger partial charge >= 0.3 is 6.18 Å². The maximum absolute atomic E-state index is 12.5. The van der Waals surface area contributed by atoms with Crippen molar-refractivity contribution >= 4 is 23.2 Å². The van der Waals surface area contributed by atoms with Crippen LogP contribution < -0.4 is 5.32 Å². The molecular weight excluding hydrogens is 305 g/mol. The molecule has 1 aromatic heterocycles. The first-order valence-electron chi connectivity index (χ1n) is 5.90. The summed E-state index contributed by atoms with van der Waals surface area (Å²) >= 11 is 5.90. The van der Waals surface area contributed by atoms with Crippen LogP contribution in [0.1, 0.15) is 21.7 Å². The predicted octanol–water partition coefficient (Wildman–Crippen LogP) is 4.31. The van der Waals surface area contributed by atoms with Gasteiger partial charge in [0.25, 0.3) is 5.91 Å². The SMILES string of the molecule is Cc1nc(C(F)(F)F)ccc1C(=O)Nc1ccccc1Cl. The number of hydrogen-bond acceptors (Lipinski definition) is 2. The van der Waals surface area contributed by atoms with E-state index in [1.807, 2.05) is 0 Å². The van der Waals surface area contributed by atoms with Crippen molar-refractivity contribution < 1.29 is 18.0 Å². The van der Waals surface area contributed by atoms with E-state index in [0.29, 0.717) is 10.7 Å². The Morgan fingerprint density at radius 3 is 2.43 bits per heavy atom. The number of aromatic nitrogens is 1. The highest BCUT2D eigenvalue weighted by Crippen LogP contribution is 2.28. The number of para-hydroxylation sites is 1. The van der Waals surface area contributed by atoms with E-state index in [-0.39, 0.29) is 11.3 Å². The fourth-order valence-electron chi connectivity index (χ4n) is 1.71. The number of halogens is 4. The highest BCUT2D eigenvalue weighted by atomic mass is 35.5. The molecule has 1 N–H and O–H groups in total. The van der Waals surface area contributed by atoms with Gasteiger partial charge in [-0.05, 0) is 31.2 Å². The van der Waals surface area contributed by atoms with Gasteiger partial charge in [0.15, 0.2) is 0 Å². The number of nitrogens with one attached hydrogen (secondary N) is 1. The maximum atomic E-state index is 12.5. The minimum Gasteiger partial charge on any atom is -0.321 e. The second kappa shape index (κ2) is 5.73. The number of pyridine rings is 1. The zero-order valence-electron chi connectivity index (χ0n) is 10.8. The number of alkyl halides is 3. The lowest BCUT2D eigenvalue weighted by Crippen LogP contribution is -2.16. The number of amides is 1. The van der Waals surface area contributed by atoms with Crippen LogP contribution in [0.25, 0.3) is 0 Å². The molecule has 0 spiro atoms. The van der Waals surface area contributed by atoms with Crippen molar-refractivity contribution in [2.75, 3.05) is 5.32 Å². The van der Waals surface area contributed by atoms with E-state index in [9.17, 15) is 18.0 Å². The summed E-state index contributed by atoms with van der Waals surface area (Å²) in [6.45, 7) is 1.34. The van der Waals surface area contributed by atoms with Crippen molar-refractivity contribution in [2.24, 2.45) is 0 Å². The number of anilines is 1. The first kappa shape index (κ1) is 15.3. The molecule has 0 radical (unpaired) electrons. The Bertz CT molecular complexity index is 686. The summed E-state index contributed by atoms with van der Waals surface area (Å²) in [6.07, 6.45) is -4.54. The summed E-state index contributed by atoms with van der Waals surface area (Å²) in [4.78, 5) is 15.5. The topological polar surface area (TPSA) is 42.0 Å².